The van der Waals surface area contributed by atoms with Crippen molar-refractivity contribution in [2.24, 2.45) is 0 Å². The molecule has 0 radical (unpaired) electrons. The molecule has 0 spiro atoms. The predicted octanol–water partition coefficient (Wildman–Crippen LogP) is 1.87. The molecule has 23 heavy (non-hydrogen) atoms. The van der Waals surface area contributed by atoms with Crippen LogP contribution in [-0.2, 0) is 0 Å². The zero-order chi connectivity index (χ0) is 16.1. The summed E-state index contributed by atoms with van der Waals surface area (Å²) in [5.41, 5.74) is 0.621. The van der Waals surface area contributed by atoms with E-state index in [1.165, 1.54) is 19.3 Å². The number of nitrogens with zero attached hydrogens (tertiary/aromatic N) is 4. The van der Waals surface area contributed by atoms with Crippen LogP contribution in [-0.4, -0.2) is 51.0 Å². The molecule has 6 nitrogen and oxygen atoms in total. The highest BCUT2D eigenvalue weighted by Gasteiger charge is 2.17. The van der Waals surface area contributed by atoms with Crippen LogP contribution < -0.4 is 5.32 Å². The molecule has 0 unspecified atom stereocenters. The van der Waals surface area contributed by atoms with E-state index in [1.807, 2.05) is 6.20 Å². The summed E-state index contributed by atoms with van der Waals surface area (Å²) >= 11 is 0. The van der Waals surface area contributed by atoms with Crippen LogP contribution in [0.5, 0.6) is 0 Å². The van der Waals surface area contributed by atoms with Crippen molar-refractivity contribution in [3.8, 4) is 5.82 Å². The lowest BCUT2D eigenvalue weighted by Crippen LogP contribution is -2.42. The van der Waals surface area contributed by atoms with Gasteiger partial charge in [-0.05, 0) is 38.4 Å². The lowest BCUT2D eigenvalue weighted by molar-refractivity contribution is 0.0938. The van der Waals surface area contributed by atoms with E-state index in [9.17, 15) is 4.79 Å². The SMILES string of the molecule is C[C@@H]1CCCCN1CCNC(=O)c1ccnc(-n2ccnc2)c1. The molecule has 6 heteroatoms. The molecule has 0 saturated carbocycles. The number of imidazole rings is 1. The molecule has 0 aliphatic carbocycles. The second kappa shape index (κ2) is 7.37. The van der Waals surface area contributed by atoms with Crippen molar-refractivity contribution in [3.05, 3.63) is 42.6 Å². The molecule has 3 heterocycles. The maximum absolute atomic E-state index is 12.3. The number of piperidine rings is 1. The Kier molecular flexibility index (Phi) is 5.02. The zero-order valence-electron chi connectivity index (χ0n) is 13.5. The number of aromatic nitrogens is 3. The van der Waals surface area contributed by atoms with Gasteiger partial charge in [-0.15, -0.1) is 0 Å². The number of hydrogen-bond acceptors (Lipinski definition) is 4. The lowest BCUT2D eigenvalue weighted by atomic mass is 10.0. The number of pyridine rings is 1. The van der Waals surface area contributed by atoms with Gasteiger partial charge in [0.25, 0.3) is 5.91 Å². The Morgan fingerprint density at radius 2 is 2.30 bits per heavy atom. The van der Waals surface area contributed by atoms with E-state index < -0.39 is 0 Å². The van der Waals surface area contributed by atoms with E-state index in [4.69, 9.17) is 0 Å². The fraction of sp³-hybridized carbons (Fsp3) is 0.471. The lowest BCUT2D eigenvalue weighted by Gasteiger charge is -2.33. The molecule has 1 aliphatic rings. The van der Waals surface area contributed by atoms with Crippen molar-refractivity contribution in [2.75, 3.05) is 19.6 Å². The molecule has 1 saturated heterocycles. The van der Waals surface area contributed by atoms with E-state index in [0.717, 1.165) is 13.1 Å². The van der Waals surface area contributed by atoms with Crippen LogP contribution >= 0.6 is 0 Å². The Balaban J connectivity index is 1.55. The number of amides is 1. The summed E-state index contributed by atoms with van der Waals surface area (Å²) in [6, 6.07) is 4.13. The fourth-order valence-corrected chi connectivity index (χ4v) is 3.00. The summed E-state index contributed by atoms with van der Waals surface area (Å²) in [6.07, 6.45) is 10.6. The predicted molar refractivity (Wildman–Crippen MR) is 88.6 cm³/mol. The van der Waals surface area contributed by atoms with Crippen LogP contribution in [0.3, 0.4) is 0 Å². The van der Waals surface area contributed by atoms with Crippen molar-refractivity contribution in [1.29, 1.82) is 0 Å². The smallest absolute Gasteiger partial charge is 0.251 e. The van der Waals surface area contributed by atoms with Crippen molar-refractivity contribution >= 4 is 5.91 Å². The number of carbonyl (C=O) groups excluding carboxylic acids is 1. The first kappa shape index (κ1) is 15.7. The molecule has 0 aromatic carbocycles. The van der Waals surface area contributed by atoms with Gasteiger partial charge in [0.15, 0.2) is 0 Å². The van der Waals surface area contributed by atoms with Gasteiger partial charge in [0, 0.05) is 43.3 Å². The monoisotopic (exact) mass is 313 g/mol. The van der Waals surface area contributed by atoms with Gasteiger partial charge in [-0.25, -0.2) is 9.97 Å². The first-order valence-corrected chi connectivity index (χ1v) is 8.20. The van der Waals surface area contributed by atoms with Crippen LogP contribution in [0.2, 0.25) is 0 Å². The molecule has 2 aromatic rings. The number of likely N-dealkylation sites (tertiary alicyclic amines) is 1. The molecule has 1 fully saturated rings. The largest absolute Gasteiger partial charge is 0.351 e. The van der Waals surface area contributed by atoms with Gasteiger partial charge < -0.3 is 5.32 Å². The Morgan fingerprint density at radius 3 is 3.09 bits per heavy atom. The fourth-order valence-electron chi connectivity index (χ4n) is 3.00. The van der Waals surface area contributed by atoms with E-state index >= 15 is 0 Å². The molecule has 1 N–H and O–H groups in total. The molecule has 1 aliphatic heterocycles. The van der Waals surface area contributed by atoms with Crippen LogP contribution in [0.15, 0.2) is 37.1 Å². The van der Waals surface area contributed by atoms with Crippen LogP contribution in [0, 0.1) is 0 Å². The number of carbonyl (C=O) groups is 1. The summed E-state index contributed by atoms with van der Waals surface area (Å²) in [6.45, 7) is 4.98. The zero-order valence-corrected chi connectivity index (χ0v) is 13.5. The Morgan fingerprint density at radius 1 is 1.39 bits per heavy atom. The van der Waals surface area contributed by atoms with Crippen LogP contribution in [0.25, 0.3) is 5.82 Å². The number of hydrogen-bond donors (Lipinski definition) is 1. The van der Waals surface area contributed by atoms with Crippen LogP contribution in [0.1, 0.15) is 36.5 Å². The highest BCUT2D eigenvalue weighted by molar-refractivity contribution is 5.94. The first-order valence-electron chi connectivity index (χ1n) is 8.20. The first-order chi connectivity index (χ1) is 11.2. The average Bonchev–Trinajstić information content (AvgIpc) is 3.11. The Hall–Kier alpha value is -2.21. The summed E-state index contributed by atoms with van der Waals surface area (Å²) in [4.78, 5) is 23.0. The van der Waals surface area contributed by atoms with Gasteiger partial charge in [-0.1, -0.05) is 6.42 Å². The quantitative estimate of drug-likeness (QED) is 0.915. The topological polar surface area (TPSA) is 63.1 Å². The van der Waals surface area contributed by atoms with Gasteiger partial charge in [0.1, 0.15) is 12.1 Å². The number of nitrogens with one attached hydrogen (secondary N) is 1. The maximum atomic E-state index is 12.3. The van der Waals surface area contributed by atoms with Crippen molar-refractivity contribution in [1.82, 2.24) is 24.8 Å². The molecule has 3 rings (SSSR count). The third-order valence-electron chi connectivity index (χ3n) is 4.40. The Labute approximate surface area is 136 Å². The second-order valence-corrected chi connectivity index (χ2v) is 6.01. The highest BCUT2D eigenvalue weighted by atomic mass is 16.1. The van der Waals surface area contributed by atoms with E-state index in [-0.39, 0.29) is 5.91 Å². The molecule has 0 bridgehead atoms. The number of rotatable bonds is 5. The maximum Gasteiger partial charge on any atom is 0.251 e. The van der Waals surface area contributed by atoms with Crippen molar-refractivity contribution in [3.63, 3.8) is 0 Å². The molecule has 1 amide bonds. The second-order valence-electron chi connectivity index (χ2n) is 6.01. The van der Waals surface area contributed by atoms with Crippen molar-refractivity contribution in [2.45, 2.75) is 32.2 Å². The highest BCUT2D eigenvalue weighted by Crippen LogP contribution is 2.15. The van der Waals surface area contributed by atoms with Gasteiger partial charge in [0.2, 0.25) is 0 Å². The third-order valence-corrected chi connectivity index (χ3v) is 4.40. The third kappa shape index (κ3) is 3.96. The molecular formula is C17H23N5O. The van der Waals surface area contributed by atoms with E-state index in [1.54, 1.807) is 35.4 Å². The van der Waals surface area contributed by atoms with Gasteiger partial charge in [0.05, 0.1) is 0 Å². The normalized spacial score (nSPS) is 18.7. The minimum absolute atomic E-state index is 0.0570. The summed E-state index contributed by atoms with van der Waals surface area (Å²) in [7, 11) is 0. The standard InChI is InChI=1S/C17H23N5O/c1-14-4-2-3-9-21(14)11-8-20-17(23)15-5-6-19-16(12-15)22-10-7-18-13-22/h5-7,10,12-14H,2-4,8-9,11H2,1H3,(H,20,23)/t14-/m1/s1. The van der Waals surface area contributed by atoms with Gasteiger partial charge in [-0.2, -0.15) is 0 Å². The summed E-state index contributed by atoms with van der Waals surface area (Å²) < 4.78 is 1.78. The molecule has 2 aromatic heterocycles. The van der Waals surface area contributed by atoms with E-state index in [0.29, 0.717) is 24.0 Å². The Bertz CT molecular complexity index is 640. The molecular weight excluding hydrogens is 290 g/mol. The van der Waals surface area contributed by atoms with Crippen LogP contribution in [0.4, 0.5) is 0 Å². The van der Waals surface area contributed by atoms with E-state index in [2.05, 4.69) is 27.1 Å². The van der Waals surface area contributed by atoms with Gasteiger partial charge in [-0.3, -0.25) is 14.3 Å². The summed E-state index contributed by atoms with van der Waals surface area (Å²) in [5.74, 6) is 0.637. The minimum atomic E-state index is -0.0570. The minimum Gasteiger partial charge on any atom is -0.351 e. The molecule has 122 valence electrons. The summed E-state index contributed by atoms with van der Waals surface area (Å²) in [5, 5.41) is 3.01. The average molecular weight is 313 g/mol. The molecule has 1 atom stereocenters. The van der Waals surface area contributed by atoms with Gasteiger partial charge >= 0.3 is 0 Å². The van der Waals surface area contributed by atoms with Crippen molar-refractivity contribution < 1.29 is 4.79 Å².